The minimum Gasteiger partial charge on any atom is -0.340 e. The average Bonchev–Trinajstić information content (AvgIpc) is 2.79. The summed E-state index contributed by atoms with van der Waals surface area (Å²) in [5.74, 6) is -0.104. The molecular formula is C24H33N3O3S. The van der Waals surface area contributed by atoms with E-state index < -0.39 is 10.0 Å². The maximum atomic E-state index is 12.8. The Kier molecular flexibility index (Phi) is 7.73. The molecule has 7 heteroatoms. The predicted molar refractivity (Wildman–Crippen MR) is 125 cm³/mol. The highest BCUT2D eigenvalue weighted by Gasteiger charge is 2.20. The molecule has 168 valence electrons. The number of para-hydroxylation sites is 1. The number of hydrogen-bond donors (Lipinski definition) is 1. The molecule has 0 aliphatic heterocycles. The number of anilines is 1. The van der Waals surface area contributed by atoms with Crippen molar-refractivity contribution in [3.63, 3.8) is 0 Å². The summed E-state index contributed by atoms with van der Waals surface area (Å²) in [5.41, 5.74) is 1.87. The van der Waals surface area contributed by atoms with E-state index in [0.29, 0.717) is 23.8 Å². The van der Waals surface area contributed by atoms with Crippen LogP contribution >= 0.6 is 0 Å². The topological polar surface area (TPSA) is 69.7 Å². The third-order valence-electron chi connectivity index (χ3n) is 6.13. The van der Waals surface area contributed by atoms with Crippen LogP contribution in [0.4, 0.5) is 5.69 Å². The van der Waals surface area contributed by atoms with E-state index in [2.05, 4.69) is 16.7 Å². The second-order valence-electron chi connectivity index (χ2n) is 8.44. The smallest absolute Gasteiger partial charge is 0.261 e. The summed E-state index contributed by atoms with van der Waals surface area (Å²) < 4.78 is 28.0. The van der Waals surface area contributed by atoms with Crippen molar-refractivity contribution in [3.05, 3.63) is 59.7 Å². The number of hydrogen-bond acceptors (Lipinski definition) is 4. The quantitative estimate of drug-likeness (QED) is 0.666. The maximum absolute atomic E-state index is 12.8. The fraction of sp³-hybridized carbons (Fsp3) is 0.458. The summed E-state index contributed by atoms with van der Waals surface area (Å²) in [6.45, 7) is 3.32. The van der Waals surface area contributed by atoms with Crippen molar-refractivity contribution in [2.24, 2.45) is 0 Å². The number of likely N-dealkylation sites (N-methyl/N-ethyl adjacent to an activating group) is 2. The lowest BCUT2D eigenvalue weighted by molar-refractivity contribution is 0.0767. The monoisotopic (exact) mass is 443 g/mol. The van der Waals surface area contributed by atoms with Crippen LogP contribution in [0.2, 0.25) is 0 Å². The second-order valence-corrected chi connectivity index (χ2v) is 10.1. The van der Waals surface area contributed by atoms with Crippen LogP contribution in [0.25, 0.3) is 0 Å². The van der Waals surface area contributed by atoms with Gasteiger partial charge in [0.15, 0.2) is 0 Å². The van der Waals surface area contributed by atoms with Crippen molar-refractivity contribution in [3.8, 4) is 0 Å². The van der Waals surface area contributed by atoms with Gasteiger partial charge in [0.25, 0.3) is 15.9 Å². The van der Waals surface area contributed by atoms with Crippen molar-refractivity contribution >= 4 is 21.6 Å². The van der Waals surface area contributed by atoms with Gasteiger partial charge in [0.05, 0.1) is 10.6 Å². The van der Waals surface area contributed by atoms with Crippen LogP contribution in [-0.2, 0) is 10.0 Å². The third kappa shape index (κ3) is 6.08. The Labute approximate surface area is 186 Å². The molecule has 0 bridgehead atoms. The Morgan fingerprint density at radius 2 is 1.61 bits per heavy atom. The molecule has 0 radical (unpaired) electrons. The van der Waals surface area contributed by atoms with Crippen LogP contribution in [0, 0.1) is 6.92 Å². The Morgan fingerprint density at radius 3 is 2.26 bits per heavy atom. The number of benzene rings is 2. The number of sulfonamides is 1. The molecule has 2 aromatic carbocycles. The van der Waals surface area contributed by atoms with Crippen LogP contribution in [0.3, 0.4) is 0 Å². The van der Waals surface area contributed by atoms with Crippen LogP contribution in [-0.4, -0.2) is 57.4 Å². The zero-order chi connectivity index (χ0) is 22.4. The first-order valence-electron chi connectivity index (χ1n) is 10.9. The Balaban J connectivity index is 1.59. The molecule has 2 aromatic rings. The van der Waals surface area contributed by atoms with E-state index in [0.717, 1.165) is 12.1 Å². The summed E-state index contributed by atoms with van der Waals surface area (Å²) >= 11 is 0. The number of aryl methyl sites for hydroxylation is 1. The summed E-state index contributed by atoms with van der Waals surface area (Å²) in [6, 6.07) is 14.0. The van der Waals surface area contributed by atoms with Crippen LogP contribution in [0.5, 0.6) is 0 Å². The molecule has 1 N–H and O–H groups in total. The maximum Gasteiger partial charge on any atom is 0.261 e. The molecule has 0 unspecified atom stereocenters. The fourth-order valence-electron chi connectivity index (χ4n) is 4.00. The van der Waals surface area contributed by atoms with Gasteiger partial charge in [-0.3, -0.25) is 9.52 Å². The first kappa shape index (κ1) is 23.3. The number of amides is 1. The SMILES string of the molecule is Cc1ccccc1NS(=O)(=O)c1ccc(C(=O)N(C)CCN(C)C2CCCCC2)cc1. The number of carbonyl (C=O) groups excluding carboxylic acids is 1. The highest BCUT2D eigenvalue weighted by molar-refractivity contribution is 7.92. The lowest BCUT2D eigenvalue weighted by atomic mass is 9.94. The van der Waals surface area contributed by atoms with Crippen LogP contribution < -0.4 is 4.72 Å². The lowest BCUT2D eigenvalue weighted by Gasteiger charge is -2.32. The lowest BCUT2D eigenvalue weighted by Crippen LogP contribution is -2.40. The van der Waals surface area contributed by atoms with Gasteiger partial charge in [0, 0.05) is 31.7 Å². The minimum atomic E-state index is -3.71. The number of nitrogens with zero attached hydrogens (tertiary/aromatic N) is 2. The fourth-order valence-corrected chi connectivity index (χ4v) is 5.13. The molecular weight excluding hydrogens is 410 g/mol. The van der Waals surface area contributed by atoms with Crippen molar-refractivity contribution in [1.82, 2.24) is 9.80 Å². The van der Waals surface area contributed by atoms with Gasteiger partial charge in [-0.2, -0.15) is 0 Å². The highest BCUT2D eigenvalue weighted by Crippen LogP contribution is 2.22. The largest absolute Gasteiger partial charge is 0.340 e. The molecule has 1 aliphatic carbocycles. The molecule has 1 aliphatic rings. The van der Waals surface area contributed by atoms with Gasteiger partial charge in [0.2, 0.25) is 0 Å². The molecule has 1 saturated carbocycles. The van der Waals surface area contributed by atoms with E-state index in [-0.39, 0.29) is 10.8 Å². The van der Waals surface area contributed by atoms with Gasteiger partial charge in [-0.1, -0.05) is 37.5 Å². The van der Waals surface area contributed by atoms with Gasteiger partial charge >= 0.3 is 0 Å². The van der Waals surface area contributed by atoms with E-state index in [4.69, 9.17) is 0 Å². The van der Waals surface area contributed by atoms with E-state index >= 15 is 0 Å². The van der Waals surface area contributed by atoms with E-state index in [1.54, 1.807) is 36.2 Å². The van der Waals surface area contributed by atoms with E-state index in [1.807, 2.05) is 19.1 Å². The van der Waals surface area contributed by atoms with Gasteiger partial charge in [-0.25, -0.2) is 8.42 Å². The molecule has 31 heavy (non-hydrogen) atoms. The number of carbonyl (C=O) groups is 1. The number of rotatable bonds is 8. The van der Waals surface area contributed by atoms with E-state index in [9.17, 15) is 13.2 Å². The molecule has 0 saturated heterocycles. The summed E-state index contributed by atoms with van der Waals surface area (Å²) in [6.07, 6.45) is 6.38. The normalized spacial score (nSPS) is 15.1. The van der Waals surface area contributed by atoms with Gasteiger partial charge in [0.1, 0.15) is 0 Å². The Bertz CT molecular complexity index is 983. The van der Waals surface area contributed by atoms with Crippen LogP contribution in [0.1, 0.15) is 48.0 Å². The second kappa shape index (κ2) is 10.3. The predicted octanol–water partition coefficient (Wildman–Crippen LogP) is 4.13. The van der Waals surface area contributed by atoms with Crippen molar-refractivity contribution < 1.29 is 13.2 Å². The molecule has 1 amide bonds. The Hall–Kier alpha value is -2.38. The molecule has 6 nitrogen and oxygen atoms in total. The third-order valence-corrected chi connectivity index (χ3v) is 7.52. The summed E-state index contributed by atoms with van der Waals surface area (Å²) in [4.78, 5) is 17.0. The molecule has 0 atom stereocenters. The zero-order valence-electron chi connectivity index (χ0n) is 18.7. The van der Waals surface area contributed by atoms with Gasteiger partial charge in [-0.05, 0) is 62.7 Å². The van der Waals surface area contributed by atoms with Gasteiger partial charge < -0.3 is 9.80 Å². The number of nitrogens with one attached hydrogen (secondary N) is 1. The molecule has 0 heterocycles. The first-order chi connectivity index (χ1) is 14.8. The first-order valence-corrected chi connectivity index (χ1v) is 12.4. The average molecular weight is 444 g/mol. The minimum absolute atomic E-state index is 0.104. The zero-order valence-corrected chi connectivity index (χ0v) is 19.5. The molecule has 1 fully saturated rings. The van der Waals surface area contributed by atoms with Crippen LogP contribution in [0.15, 0.2) is 53.4 Å². The highest BCUT2D eigenvalue weighted by atomic mass is 32.2. The Morgan fingerprint density at radius 1 is 0.968 bits per heavy atom. The van der Waals surface area contributed by atoms with Crippen molar-refractivity contribution in [1.29, 1.82) is 0 Å². The summed E-state index contributed by atoms with van der Waals surface area (Å²) in [7, 11) is 0.213. The van der Waals surface area contributed by atoms with Crippen molar-refractivity contribution in [2.75, 3.05) is 31.9 Å². The molecule has 0 spiro atoms. The van der Waals surface area contributed by atoms with Crippen molar-refractivity contribution in [2.45, 2.75) is 50.0 Å². The molecule has 0 aromatic heterocycles. The summed E-state index contributed by atoms with van der Waals surface area (Å²) in [5, 5.41) is 0. The standard InChI is InChI=1S/C24H33N3O3S/c1-19-9-7-8-12-23(19)25-31(29,30)22-15-13-20(14-16-22)24(28)27(3)18-17-26(2)21-10-5-4-6-11-21/h7-9,12-16,21,25H,4-6,10-11,17-18H2,1-3H3. The van der Waals surface area contributed by atoms with Gasteiger partial charge in [-0.15, -0.1) is 0 Å². The van der Waals surface area contributed by atoms with E-state index in [1.165, 1.54) is 44.2 Å². The molecule has 3 rings (SSSR count).